The summed E-state index contributed by atoms with van der Waals surface area (Å²) in [5, 5.41) is 20.3. The summed E-state index contributed by atoms with van der Waals surface area (Å²) in [6.45, 7) is -0.115. The van der Waals surface area contributed by atoms with Gasteiger partial charge >= 0.3 is 0 Å². The Labute approximate surface area is 127 Å². The summed E-state index contributed by atoms with van der Waals surface area (Å²) in [7, 11) is -4.04. The number of halogens is 1. The maximum Gasteiger partial charge on any atom is 0.290 e. The van der Waals surface area contributed by atoms with Gasteiger partial charge in [-0.3, -0.25) is 10.1 Å². The average molecular weight is 335 g/mol. The van der Waals surface area contributed by atoms with Crippen LogP contribution in [0.1, 0.15) is 19.3 Å². The van der Waals surface area contributed by atoms with Gasteiger partial charge in [-0.2, -0.15) is 0 Å². The summed E-state index contributed by atoms with van der Waals surface area (Å²) < 4.78 is 27.1. The largest absolute Gasteiger partial charge is 0.396 e. The van der Waals surface area contributed by atoms with E-state index in [4.69, 9.17) is 11.6 Å². The van der Waals surface area contributed by atoms with Gasteiger partial charge in [0.05, 0.1) is 4.92 Å². The van der Waals surface area contributed by atoms with Gasteiger partial charge in [0, 0.05) is 23.7 Å². The van der Waals surface area contributed by atoms with Crippen LogP contribution in [0.4, 0.5) is 5.69 Å². The van der Waals surface area contributed by atoms with Crippen LogP contribution in [0.5, 0.6) is 0 Å². The Kier molecular flexibility index (Phi) is 4.82. The lowest BCUT2D eigenvalue weighted by molar-refractivity contribution is -0.387. The van der Waals surface area contributed by atoms with E-state index in [9.17, 15) is 23.6 Å². The van der Waals surface area contributed by atoms with E-state index >= 15 is 0 Å². The highest BCUT2D eigenvalue weighted by Crippen LogP contribution is 2.30. The first-order valence-corrected chi connectivity index (χ1v) is 8.28. The third-order valence-electron chi connectivity index (χ3n) is 3.61. The van der Waals surface area contributed by atoms with Crippen LogP contribution < -0.4 is 4.72 Å². The van der Waals surface area contributed by atoms with Gasteiger partial charge in [0.1, 0.15) is 0 Å². The van der Waals surface area contributed by atoms with Crippen molar-refractivity contribution >= 4 is 27.3 Å². The fraction of sp³-hybridized carbons (Fsp3) is 0.500. The van der Waals surface area contributed by atoms with Crippen LogP contribution in [0.15, 0.2) is 23.1 Å². The number of aliphatic hydroxyl groups excluding tert-OH is 1. The van der Waals surface area contributed by atoms with Gasteiger partial charge in [-0.05, 0) is 30.9 Å². The molecule has 1 aliphatic rings. The molecule has 0 bridgehead atoms. The van der Waals surface area contributed by atoms with Gasteiger partial charge in [-0.15, -0.1) is 0 Å². The zero-order valence-electron chi connectivity index (χ0n) is 11.0. The molecule has 21 heavy (non-hydrogen) atoms. The van der Waals surface area contributed by atoms with E-state index in [-0.39, 0.29) is 17.5 Å². The molecule has 0 spiro atoms. The van der Waals surface area contributed by atoms with Crippen molar-refractivity contribution in [1.29, 1.82) is 0 Å². The summed E-state index contributed by atoms with van der Waals surface area (Å²) in [6.07, 6.45) is 2.14. The lowest BCUT2D eigenvalue weighted by atomic mass is 10.1. The normalized spacial score (nSPS) is 22.4. The van der Waals surface area contributed by atoms with E-state index in [0.717, 1.165) is 25.0 Å². The molecule has 0 heterocycles. The van der Waals surface area contributed by atoms with E-state index in [2.05, 4.69) is 4.72 Å². The lowest BCUT2D eigenvalue weighted by Crippen LogP contribution is -2.38. The Balaban J connectivity index is 2.34. The molecule has 1 aromatic carbocycles. The summed E-state index contributed by atoms with van der Waals surface area (Å²) in [5.74, 6) is -0.161. The van der Waals surface area contributed by atoms with Crippen LogP contribution in [-0.2, 0) is 10.0 Å². The highest BCUT2D eigenvalue weighted by atomic mass is 35.5. The molecule has 7 nitrogen and oxygen atoms in total. The molecule has 2 rings (SSSR count). The van der Waals surface area contributed by atoms with E-state index in [0.29, 0.717) is 6.42 Å². The molecule has 0 aromatic heterocycles. The Morgan fingerprint density at radius 3 is 2.76 bits per heavy atom. The van der Waals surface area contributed by atoms with Crippen molar-refractivity contribution in [2.24, 2.45) is 5.92 Å². The summed E-state index contributed by atoms with van der Waals surface area (Å²) >= 11 is 5.67. The van der Waals surface area contributed by atoms with Crippen LogP contribution in [-0.4, -0.2) is 31.1 Å². The number of aliphatic hydroxyl groups is 1. The molecule has 2 atom stereocenters. The first kappa shape index (κ1) is 16.2. The number of benzene rings is 1. The Morgan fingerprint density at radius 2 is 2.14 bits per heavy atom. The second-order valence-corrected chi connectivity index (χ2v) is 7.09. The molecule has 1 fully saturated rings. The van der Waals surface area contributed by atoms with Crippen LogP contribution in [0, 0.1) is 16.0 Å². The predicted octanol–water partition coefficient (Wildman–Crippen LogP) is 1.69. The minimum absolute atomic E-state index is 0.0924. The number of nitro benzene ring substituents is 1. The summed E-state index contributed by atoms with van der Waals surface area (Å²) in [4.78, 5) is 9.80. The maximum absolute atomic E-state index is 12.3. The first-order valence-electron chi connectivity index (χ1n) is 6.42. The molecule has 0 aliphatic heterocycles. The van der Waals surface area contributed by atoms with E-state index < -0.39 is 31.6 Å². The van der Waals surface area contributed by atoms with Crippen molar-refractivity contribution in [3.63, 3.8) is 0 Å². The molecular formula is C12H15ClN2O5S. The molecule has 1 aromatic rings. The quantitative estimate of drug-likeness (QED) is 0.629. The highest BCUT2D eigenvalue weighted by molar-refractivity contribution is 7.89. The molecule has 0 saturated heterocycles. The number of hydrogen-bond acceptors (Lipinski definition) is 5. The number of hydrogen-bond donors (Lipinski definition) is 2. The van der Waals surface area contributed by atoms with Crippen LogP contribution in [0.25, 0.3) is 0 Å². The molecule has 2 unspecified atom stereocenters. The third-order valence-corrected chi connectivity index (χ3v) is 5.38. The average Bonchev–Trinajstić information content (AvgIpc) is 2.84. The Bertz CT molecular complexity index is 649. The van der Waals surface area contributed by atoms with Crippen molar-refractivity contribution in [1.82, 2.24) is 4.72 Å². The standard InChI is InChI=1S/C12H15ClN2O5S/c13-9-4-5-12(11(6-9)15(17)18)21(19,20)14-10-3-1-2-8(10)7-16/h4-6,8,10,14,16H,1-3,7H2. The molecule has 2 N–H and O–H groups in total. The Hall–Kier alpha value is -1.22. The zero-order chi connectivity index (χ0) is 15.6. The molecule has 116 valence electrons. The smallest absolute Gasteiger partial charge is 0.290 e. The first-order chi connectivity index (χ1) is 9.85. The maximum atomic E-state index is 12.3. The fourth-order valence-corrected chi connectivity index (χ4v) is 4.19. The van der Waals surface area contributed by atoms with Gasteiger partial charge in [-0.25, -0.2) is 13.1 Å². The predicted molar refractivity (Wildman–Crippen MR) is 76.6 cm³/mol. The van der Waals surface area contributed by atoms with Crippen LogP contribution in [0.2, 0.25) is 5.02 Å². The van der Waals surface area contributed by atoms with Gasteiger partial charge in [0.15, 0.2) is 4.90 Å². The third kappa shape index (κ3) is 3.52. The second-order valence-electron chi connectivity index (χ2n) is 4.97. The summed E-state index contributed by atoms with van der Waals surface area (Å²) in [5.41, 5.74) is -0.562. The molecular weight excluding hydrogens is 320 g/mol. The van der Waals surface area contributed by atoms with Crippen LogP contribution >= 0.6 is 11.6 Å². The van der Waals surface area contributed by atoms with E-state index in [1.807, 2.05) is 0 Å². The molecule has 1 saturated carbocycles. The monoisotopic (exact) mass is 334 g/mol. The van der Waals surface area contributed by atoms with E-state index in [1.165, 1.54) is 6.07 Å². The van der Waals surface area contributed by atoms with Crippen molar-refractivity contribution in [3.8, 4) is 0 Å². The Morgan fingerprint density at radius 1 is 1.43 bits per heavy atom. The van der Waals surface area contributed by atoms with Gasteiger partial charge in [0.2, 0.25) is 10.0 Å². The SMILES string of the molecule is O=[N+]([O-])c1cc(Cl)ccc1S(=O)(=O)NC1CCCC1CO. The number of rotatable bonds is 5. The molecule has 0 amide bonds. The fourth-order valence-electron chi connectivity index (χ4n) is 2.53. The molecule has 0 radical (unpaired) electrons. The minimum Gasteiger partial charge on any atom is -0.396 e. The van der Waals surface area contributed by atoms with Crippen molar-refractivity contribution in [2.75, 3.05) is 6.61 Å². The molecule has 9 heteroatoms. The highest BCUT2D eigenvalue weighted by Gasteiger charge is 2.33. The topological polar surface area (TPSA) is 110 Å². The van der Waals surface area contributed by atoms with Crippen molar-refractivity contribution in [3.05, 3.63) is 33.3 Å². The minimum atomic E-state index is -4.04. The molecule has 1 aliphatic carbocycles. The second kappa shape index (κ2) is 6.27. The van der Waals surface area contributed by atoms with Gasteiger partial charge in [0.25, 0.3) is 5.69 Å². The lowest BCUT2D eigenvalue weighted by Gasteiger charge is -2.18. The van der Waals surface area contributed by atoms with Crippen LogP contribution in [0.3, 0.4) is 0 Å². The number of sulfonamides is 1. The summed E-state index contributed by atoms with van der Waals surface area (Å²) in [6, 6.07) is 3.01. The zero-order valence-corrected chi connectivity index (χ0v) is 12.6. The van der Waals surface area contributed by atoms with Crippen molar-refractivity contribution in [2.45, 2.75) is 30.2 Å². The number of nitrogens with zero attached hydrogens (tertiary/aromatic N) is 1. The number of nitrogens with one attached hydrogen (secondary N) is 1. The van der Waals surface area contributed by atoms with Crippen molar-refractivity contribution < 1.29 is 18.4 Å². The van der Waals surface area contributed by atoms with Gasteiger partial charge < -0.3 is 5.11 Å². The van der Waals surface area contributed by atoms with E-state index in [1.54, 1.807) is 0 Å². The van der Waals surface area contributed by atoms with Gasteiger partial charge in [-0.1, -0.05) is 18.0 Å². The number of nitro groups is 1.